The van der Waals surface area contributed by atoms with Crippen LogP contribution in [-0.2, 0) is 4.79 Å². The lowest BCUT2D eigenvalue weighted by Gasteiger charge is -2.23. The largest absolute Gasteiger partial charge is 0.550 e. The molecule has 0 aromatic heterocycles. The standard InChI is InChI=1S/C9H22N.C3H6O2/c1-5-6-7-8-9-10(2,3)4;1-2-3(4)5/h5-9H2,1-4H3;2H2,1H3,(H,4,5)/q+1;/p-1. The van der Waals surface area contributed by atoms with Crippen molar-refractivity contribution in [3.05, 3.63) is 0 Å². The molecule has 15 heavy (non-hydrogen) atoms. The SMILES string of the molecule is CCC(=O)[O-].CCCCCC[N+](C)(C)C. The molecule has 0 aliphatic heterocycles. The number of carbonyl (C=O) groups is 1. The van der Waals surface area contributed by atoms with Crippen molar-refractivity contribution in [2.24, 2.45) is 0 Å². The first-order valence-electron chi connectivity index (χ1n) is 5.83. The zero-order valence-corrected chi connectivity index (χ0v) is 11.0. The number of hydrogen-bond acceptors (Lipinski definition) is 2. The van der Waals surface area contributed by atoms with E-state index in [9.17, 15) is 9.90 Å². The van der Waals surface area contributed by atoms with Gasteiger partial charge in [-0.25, -0.2) is 0 Å². The van der Waals surface area contributed by atoms with Crippen molar-refractivity contribution < 1.29 is 14.4 Å². The molecule has 0 aliphatic carbocycles. The zero-order valence-electron chi connectivity index (χ0n) is 11.0. The fourth-order valence-corrected chi connectivity index (χ4v) is 1.01. The molecule has 0 unspecified atom stereocenters. The van der Waals surface area contributed by atoms with Gasteiger partial charge in [-0.1, -0.05) is 26.7 Å². The van der Waals surface area contributed by atoms with E-state index >= 15 is 0 Å². The van der Waals surface area contributed by atoms with Gasteiger partial charge in [0.25, 0.3) is 0 Å². The van der Waals surface area contributed by atoms with Gasteiger partial charge in [-0.15, -0.1) is 0 Å². The van der Waals surface area contributed by atoms with Crippen LogP contribution in [0.1, 0.15) is 46.0 Å². The quantitative estimate of drug-likeness (QED) is 0.498. The molecule has 0 spiro atoms. The minimum Gasteiger partial charge on any atom is -0.550 e. The Labute approximate surface area is 94.7 Å². The van der Waals surface area contributed by atoms with E-state index in [4.69, 9.17) is 0 Å². The van der Waals surface area contributed by atoms with E-state index in [-0.39, 0.29) is 6.42 Å². The second-order valence-electron chi connectivity index (χ2n) is 4.80. The highest BCUT2D eigenvalue weighted by Gasteiger charge is 2.04. The molecule has 0 saturated heterocycles. The molecule has 3 heteroatoms. The first-order valence-corrected chi connectivity index (χ1v) is 5.83. The maximum absolute atomic E-state index is 9.26. The van der Waals surface area contributed by atoms with E-state index in [0.29, 0.717) is 0 Å². The molecule has 0 N–H and O–H groups in total. The lowest BCUT2D eigenvalue weighted by Crippen LogP contribution is -2.35. The molecular formula is C12H27NO2. The van der Waals surface area contributed by atoms with Gasteiger partial charge in [0, 0.05) is 5.97 Å². The van der Waals surface area contributed by atoms with Crippen LogP contribution >= 0.6 is 0 Å². The van der Waals surface area contributed by atoms with E-state index in [1.165, 1.54) is 39.2 Å². The van der Waals surface area contributed by atoms with Gasteiger partial charge < -0.3 is 14.4 Å². The number of quaternary nitrogens is 1. The summed E-state index contributed by atoms with van der Waals surface area (Å²) in [5.41, 5.74) is 0. The van der Waals surface area contributed by atoms with Gasteiger partial charge in [-0.2, -0.15) is 0 Å². The van der Waals surface area contributed by atoms with Gasteiger partial charge in [0.2, 0.25) is 0 Å². The predicted octanol–water partition coefficient (Wildman–Crippen LogP) is 1.42. The van der Waals surface area contributed by atoms with Gasteiger partial charge in [0.15, 0.2) is 0 Å². The number of carboxylic acids is 1. The van der Waals surface area contributed by atoms with Crippen molar-refractivity contribution in [2.45, 2.75) is 46.0 Å². The summed E-state index contributed by atoms with van der Waals surface area (Å²) in [4.78, 5) is 9.26. The minimum atomic E-state index is -0.995. The maximum atomic E-state index is 9.26. The van der Waals surface area contributed by atoms with E-state index in [0.717, 1.165) is 4.48 Å². The highest BCUT2D eigenvalue weighted by Crippen LogP contribution is 2.01. The predicted molar refractivity (Wildman–Crippen MR) is 62.3 cm³/mol. The Bertz CT molecular complexity index is 150. The fraction of sp³-hybridized carbons (Fsp3) is 0.917. The van der Waals surface area contributed by atoms with E-state index in [1.54, 1.807) is 0 Å². The van der Waals surface area contributed by atoms with Crippen LogP contribution in [0.15, 0.2) is 0 Å². The van der Waals surface area contributed by atoms with Crippen LogP contribution in [0.5, 0.6) is 0 Å². The summed E-state index contributed by atoms with van der Waals surface area (Å²) in [7, 11) is 6.77. The van der Waals surface area contributed by atoms with E-state index in [2.05, 4.69) is 28.1 Å². The second kappa shape index (κ2) is 9.97. The highest BCUT2D eigenvalue weighted by atomic mass is 16.4. The Balaban J connectivity index is 0. The Kier molecular flexibility index (Phi) is 11.2. The molecule has 0 aromatic rings. The third-order valence-corrected chi connectivity index (χ3v) is 1.97. The van der Waals surface area contributed by atoms with Crippen LogP contribution in [0.25, 0.3) is 0 Å². The van der Waals surface area contributed by atoms with Gasteiger partial charge in [0.05, 0.1) is 27.7 Å². The number of carboxylic acid groups (broad SMARTS) is 1. The topological polar surface area (TPSA) is 40.1 Å². The summed E-state index contributed by atoms with van der Waals surface area (Å²) in [6, 6.07) is 0. The monoisotopic (exact) mass is 217 g/mol. The number of rotatable bonds is 6. The van der Waals surface area contributed by atoms with Crippen LogP contribution in [-0.4, -0.2) is 38.1 Å². The van der Waals surface area contributed by atoms with E-state index in [1.807, 2.05) is 0 Å². The van der Waals surface area contributed by atoms with Crippen molar-refractivity contribution in [3.8, 4) is 0 Å². The third kappa shape index (κ3) is 24.7. The second-order valence-corrected chi connectivity index (χ2v) is 4.80. The van der Waals surface area contributed by atoms with Crippen molar-refractivity contribution in [1.29, 1.82) is 0 Å². The average Bonchev–Trinajstić information content (AvgIpc) is 2.12. The van der Waals surface area contributed by atoms with Crippen LogP contribution < -0.4 is 5.11 Å². The molecule has 0 aromatic carbocycles. The molecular weight excluding hydrogens is 190 g/mol. The number of hydrogen-bond donors (Lipinski definition) is 0. The summed E-state index contributed by atoms with van der Waals surface area (Å²) < 4.78 is 1.11. The van der Waals surface area contributed by atoms with Crippen molar-refractivity contribution in [2.75, 3.05) is 27.7 Å². The van der Waals surface area contributed by atoms with Crippen LogP contribution in [0.3, 0.4) is 0 Å². The molecule has 3 nitrogen and oxygen atoms in total. The minimum absolute atomic E-state index is 0.111. The molecule has 0 radical (unpaired) electrons. The summed E-state index contributed by atoms with van der Waals surface area (Å²) in [5.74, 6) is -0.995. The Morgan fingerprint density at radius 2 is 1.53 bits per heavy atom. The number of carbonyl (C=O) groups excluding carboxylic acids is 1. The van der Waals surface area contributed by atoms with E-state index < -0.39 is 5.97 Å². The highest BCUT2D eigenvalue weighted by molar-refractivity contribution is 5.63. The molecule has 0 amide bonds. The van der Waals surface area contributed by atoms with Crippen molar-refractivity contribution in [1.82, 2.24) is 0 Å². The molecule has 0 atom stereocenters. The zero-order chi connectivity index (χ0) is 12.3. The van der Waals surface area contributed by atoms with Gasteiger partial charge in [0.1, 0.15) is 0 Å². The third-order valence-electron chi connectivity index (χ3n) is 1.97. The molecule has 0 bridgehead atoms. The fourth-order valence-electron chi connectivity index (χ4n) is 1.01. The lowest BCUT2D eigenvalue weighted by atomic mass is 10.2. The smallest absolute Gasteiger partial charge is 0.0780 e. The summed E-state index contributed by atoms with van der Waals surface area (Å²) in [6.45, 7) is 5.11. The van der Waals surface area contributed by atoms with Gasteiger partial charge in [-0.3, -0.25) is 0 Å². The summed E-state index contributed by atoms with van der Waals surface area (Å²) >= 11 is 0. The molecule has 0 saturated carbocycles. The Morgan fingerprint density at radius 1 is 1.07 bits per heavy atom. The number of unbranched alkanes of at least 4 members (excludes halogenated alkanes) is 3. The van der Waals surface area contributed by atoms with Crippen molar-refractivity contribution in [3.63, 3.8) is 0 Å². The summed E-state index contributed by atoms with van der Waals surface area (Å²) in [5, 5.41) is 9.26. The van der Waals surface area contributed by atoms with Crippen molar-refractivity contribution >= 4 is 5.97 Å². The van der Waals surface area contributed by atoms with Crippen LogP contribution in [0.2, 0.25) is 0 Å². The Morgan fingerprint density at radius 3 is 1.80 bits per heavy atom. The van der Waals surface area contributed by atoms with Crippen LogP contribution in [0, 0.1) is 0 Å². The van der Waals surface area contributed by atoms with Gasteiger partial charge >= 0.3 is 0 Å². The number of aliphatic carboxylic acids is 1. The lowest BCUT2D eigenvalue weighted by molar-refractivity contribution is -0.870. The molecule has 0 fully saturated rings. The maximum Gasteiger partial charge on any atom is 0.0780 e. The molecule has 0 rings (SSSR count). The Hall–Kier alpha value is -0.570. The normalized spacial score (nSPS) is 10.5. The summed E-state index contributed by atoms with van der Waals surface area (Å²) in [6.07, 6.45) is 5.65. The first kappa shape index (κ1) is 16.8. The van der Waals surface area contributed by atoms with Gasteiger partial charge in [-0.05, 0) is 19.3 Å². The number of nitrogens with zero attached hydrogens (tertiary/aromatic N) is 1. The molecule has 92 valence electrons. The van der Waals surface area contributed by atoms with Crippen LogP contribution in [0.4, 0.5) is 0 Å². The first-order chi connectivity index (χ1) is 6.83. The molecule has 0 aliphatic rings. The average molecular weight is 217 g/mol. The molecule has 0 heterocycles.